The molecule has 0 radical (unpaired) electrons. The number of carbonyl (C=O) groups excluding carboxylic acids is 1. The van der Waals surface area contributed by atoms with Crippen LogP contribution in [0, 0.1) is 0 Å². The Hall–Kier alpha value is -2.33. The smallest absolute Gasteiger partial charge is 0.256 e. The van der Waals surface area contributed by atoms with Crippen molar-refractivity contribution in [3.05, 3.63) is 60.2 Å². The number of amides is 1. The number of anilines is 1. The van der Waals surface area contributed by atoms with Crippen LogP contribution in [0.4, 0.5) is 5.69 Å². The zero-order valence-corrected chi connectivity index (χ0v) is 16.0. The van der Waals surface area contributed by atoms with Gasteiger partial charge in [-0.05, 0) is 43.2 Å². The van der Waals surface area contributed by atoms with Crippen LogP contribution in [0.1, 0.15) is 45.1 Å². The Labute approximate surface area is 156 Å². The fourth-order valence-electron chi connectivity index (χ4n) is 2.66. The van der Waals surface area contributed by atoms with Crippen LogP contribution in [0.5, 0.6) is 5.75 Å². The molecule has 0 saturated carbocycles. The highest BCUT2D eigenvalue weighted by Gasteiger charge is 2.32. The van der Waals surface area contributed by atoms with Crippen LogP contribution in [0.3, 0.4) is 0 Å². The molecule has 0 aliphatic rings. The maximum absolute atomic E-state index is 12.6. The molecule has 26 heavy (non-hydrogen) atoms. The third-order valence-corrected chi connectivity index (χ3v) is 4.55. The average Bonchev–Trinajstić information content (AvgIpc) is 2.68. The predicted molar refractivity (Wildman–Crippen MR) is 105 cm³/mol. The molecule has 2 rings (SSSR count). The van der Waals surface area contributed by atoms with Gasteiger partial charge < -0.3 is 14.8 Å². The van der Waals surface area contributed by atoms with E-state index in [2.05, 4.69) is 12.2 Å². The van der Waals surface area contributed by atoms with E-state index < -0.39 is 5.60 Å². The lowest BCUT2D eigenvalue weighted by molar-refractivity contribution is -0.136. The summed E-state index contributed by atoms with van der Waals surface area (Å²) >= 11 is 0. The molecule has 0 saturated heterocycles. The van der Waals surface area contributed by atoms with Gasteiger partial charge in [0.2, 0.25) is 0 Å². The van der Waals surface area contributed by atoms with Crippen molar-refractivity contribution in [2.45, 2.75) is 51.7 Å². The molecule has 1 N–H and O–H groups in total. The van der Waals surface area contributed by atoms with Gasteiger partial charge in [0.1, 0.15) is 18.0 Å². The van der Waals surface area contributed by atoms with E-state index >= 15 is 0 Å². The number of hydrogen-bond donors (Lipinski definition) is 1. The van der Waals surface area contributed by atoms with Crippen molar-refractivity contribution in [1.82, 2.24) is 0 Å². The van der Waals surface area contributed by atoms with Crippen molar-refractivity contribution < 1.29 is 14.3 Å². The number of nitrogens with one attached hydrogen (secondary N) is 1. The van der Waals surface area contributed by atoms with Crippen LogP contribution in [0.2, 0.25) is 0 Å². The fraction of sp³-hybridized carbons (Fsp3) is 0.409. The summed E-state index contributed by atoms with van der Waals surface area (Å²) in [5, 5.41) is 2.94. The Kier molecular flexibility index (Phi) is 7.67. The second kappa shape index (κ2) is 9.97. The number of rotatable bonds is 10. The first kappa shape index (κ1) is 20.0. The van der Waals surface area contributed by atoms with Crippen molar-refractivity contribution in [2.24, 2.45) is 0 Å². The summed E-state index contributed by atoms with van der Waals surface area (Å²) in [7, 11) is 1.59. The highest BCUT2D eigenvalue weighted by atomic mass is 16.5. The summed E-state index contributed by atoms with van der Waals surface area (Å²) in [6.07, 6.45) is 3.90. The minimum absolute atomic E-state index is 0.117. The van der Waals surface area contributed by atoms with E-state index in [0.717, 1.165) is 36.3 Å². The van der Waals surface area contributed by atoms with Gasteiger partial charge >= 0.3 is 0 Å². The van der Waals surface area contributed by atoms with Crippen LogP contribution < -0.4 is 10.1 Å². The molecule has 1 unspecified atom stereocenters. The van der Waals surface area contributed by atoms with Crippen LogP contribution in [0.15, 0.2) is 54.6 Å². The molecule has 0 aromatic heterocycles. The Morgan fingerprint density at radius 2 is 1.73 bits per heavy atom. The number of methoxy groups -OCH3 is 1. The Balaban J connectivity index is 1.89. The van der Waals surface area contributed by atoms with Gasteiger partial charge in [0.15, 0.2) is 0 Å². The largest absolute Gasteiger partial charge is 0.489 e. The number of benzene rings is 2. The highest BCUT2D eigenvalue weighted by Crippen LogP contribution is 2.23. The molecule has 0 spiro atoms. The predicted octanol–water partition coefficient (Wildman–Crippen LogP) is 5.19. The lowest BCUT2D eigenvalue weighted by Crippen LogP contribution is -2.41. The van der Waals surface area contributed by atoms with Gasteiger partial charge in [-0.25, -0.2) is 0 Å². The first-order valence-electron chi connectivity index (χ1n) is 9.21. The molecule has 0 aliphatic carbocycles. The Bertz CT molecular complexity index is 670. The lowest BCUT2D eigenvalue weighted by atomic mass is 9.97. The van der Waals surface area contributed by atoms with Gasteiger partial charge in [0.05, 0.1) is 0 Å². The van der Waals surface area contributed by atoms with Gasteiger partial charge in [0, 0.05) is 12.8 Å². The molecular weight excluding hydrogens is 326 g/mol. The summed E-state index contributed by atoms with van der Waals surface area (Å²) in [4.78, 5) is 12.6. The van der Waals surface area contributed by atoms with Crippen molar-refractivity contribution in [2.75, 3.05) is 12.4 Å². The molecule has 0 aliphatic heterocycles. The highest BCUT2D eigenvalue weighted by molar-refractivity contribution is 5.97. The summed E-state index contributed by atoms with van der Waals surface area (Å²) in [5.41, 5.74) is 1.05. The molecule has 0 heterocycles. The van der Waals surface area contributed by atoms with Crippen LogP contribution in [0.25, 0.3) is 0 Å². The third-order valence-electron chi connectivity index (χ3n) is 4.55. The zero-order valence-electron chi connectivity index (χ0n) is 16.0. The minimum Gasteiger partial charge on any atom is -0.489 e. The Morgan fingerprint density at radius 1 is 1.04 bits per heavy atom. The molecule has 1 atom stereocenters. The molecule has 1 amide bonds. The molecule has 2 aromatic carbocycles. The van der Waals surface area contributed by atoms with Gasteiger partial charge in [-0.2, -0.15) is 0 Å². The second-order valence-corrected chi connectivity index (χ2v) is 6.64. The second-order valence-electron chi connectivity index (χ2n) is 6.64. The van der Waals surface area contributed by atoms with E-state index in [-0.39, 0.29) is 5.91 Å². The topological polar surface area (TPSA) is 47.6 Å². The van der Waals surface area contributed by atoms with Crippen LogP contribution >= 0.6 is 0 Å². The first-order chi connectivity index (χ1) is 12.6. The monoisotopic (exact) mass is 355 g/mol. The number of hydrogen-bond acceptors (Lipinski definition) is 3. The minimum atomic E-state index is -0.808. The molecular formula is C22H29NO3. The molecule has 0 bridgehead atoms. The van der Waals surface area contributed by atoms with E-state index in [1.54, 1.807) is 7.11 Å². The maximum Gasteiger partial charge on any atom is 0.256 e. The maximum atomic E-state index is 12.6. The summed E-state index contributed by atoms with van der Waals surface area (Å²) < 4.78 is 11.3. The first-order valence-corrected chi connectivity index (χ1v) is 9.21. The fourth-order valence-corrected chi connectivity index (χ4v) is 2.66. The van der Waals surface area contributed by atoms with Gasteiger partial charge in [0.25, 0.3) is 5.91 Å². The normalized spacial score (nSPS) is 13.0. The van der Waals surface area contributed by atoms with Gasteiger partial charge in [-0.1, -0.05) is 56.5 Å². The van der Waals surface area contributed by atoms with Crippen molar-refractivity contribution in [3.63, 3.8) is 0 Å². The van der Waals surface area contributed by atoms with Crippen molar-refractivity contribution in [1.29, 1.82) is 0 Å². The van der Waals surface area contributed by atoms with E-state index in [4.69, 9.17) is 9.47 Å². The molecule has 0 fully saturated rings. The summed E-state index contributed by atoms with van der Waals surface area (Å²) in [5.74, 6) is 0.651. The van der Waals surface area contributed by atoms with Crippen molar-refractivity contribution >= 4 is 11.6 Å². The SMILES string of the molecule is CCCCCC(C)(OC)C(=O)Nc1ccc(OCc2ccccc2)cc1. The van der Waals surface area contributed by atoms with E-state index in [1.807, 2.05) is 61.5 Å². The number of carbonyl (C=O) groups is 1. The van der Waals surface area contributed by atoms with Crippen LogP contribution in [-0.2, 0) is 16.1 Å². The van der Waals surface area contributed by atoms with Gasteiger partial charge in [-0.15, -0.1) is 0 Å². The lowest BCUT2D eigenvalue weighted by Gasteiger charge is -2.27. The van der Waals surface area contributed by atoms with E-state index in [0.29, 0.717) is 13.0 Å². The summed E-state index contributed by atoms with van der Waals surface area (Å²) in [6, 6.07) is 17.4. The molecule has 4 heteroatoms. The van der Waals surface area contributed by atoms with E-state index in [1.165, 1.54) is 0 Å². The van der Waals surface area contributed by atoms with Crippen molar-refractivity contribution in [3.8, 4) is 5.75 Å². The van der Waals surface area contributed by atoms with Crippen LogP contribution in [-0.4, -0.2) is 18.6 Å². The quantitative estimate of drug-likeness (QED) is 0.597. The number of unbranched alkanes of at least 4 members (excludes halogenated alkanes) is 2. The number of ether oxygens (including phenoxy) is 2. The summed E-state index contributed by atoms with van der Waals surface area (Å²) in [6.45, 7) is 4.51. The Morgan fingerprint density at radius 3 is 2.35 bits per heavy atom. The zero-order chi connectivity index (χ0) is 18.8. The standard InChI is InChI=1S/C22H29NO3/c1-4-5-9-16-22(2,25-3)21(24)23-19-12-14-20(15-13-19)26-17-18-10-7-6-8-11-18/h6-8,10-15H,4-5,9,16-17H2,1-3H3,(H,23,24). The third kappa shape index (κ3) is 5.88. The van der Waals surface area contributed by atoms with E-state index in [9.17, 15) is 4.79 Å². The molecule has 2 aromatic rings. The van der Waals surface area contributed by atoms with Gasteiger partial charge in [-0.3, -0.25) is 4.79 Å². The molecule has 140 valence electrons. The molecule has 4 nitrogen and oxygen atoms in total. The average molecular weight is 355 g/mol.